The normalized spacial score (nSPS) is 22.1. The summed E-state index contributed by atoms with van der Waals surface area (Å²) in [4.78, 5) is 34.7. The fourth-order valence-corrected chi connectivity index (χ4v) is 5.27. The molecule has 0 aromatic heterocycles. The molecule has 0 saturated carbocycles. The van der Waals surface area contributed by atoms with Gasteiger partial charge in [0.1, 0.15) is 11.7 Å². The molecule has 2 fully saturated rings. The largest absolute Gasteiger partial charge is 0.496 e. The second kappa shape index (κ2) is 8.32. The van der Waals surface area contributed by atoms with Gasteiger partial charge in [0.25, 0.3) is 5.91 Å². The molecular formula is C26H23BrN2O4. The Labute approximate surface area is 200 Å². The highest BCUT2D eigenvalue weighted by atomic mass is 79.9. The average Bonchev–Trinajstić information content (AvgIpc) is 3.31. The van der Waals surface area contributed by atoms with Gasteiger partial charge >= 0.3 is 0 Å². The minimum Gasteiger partial charge on any atom is -0.496 e. The van der Waals surface area contributed by atoms with Gasteiger partial charge in [-0.05, 0) is 71.2 Å². The van der Waals surface area contributed by atoms with Crippen molar-refractivity contribution in [3.8, 4) is 5.75 Å². The SMILES string of the molecule is COc1ccc([C@@H]2[C@H]3C(=O)N(c4ccc(C)cc4C)C(=O)[C@H]3ON2c2ccccc2)cc1Br. The van der Waals surface area contributed by atoms with E-state index in [-0.39, 0.29) is 11.8 Å². The van der Waals surface area contributed by atoms with Crippen LogP contribution in [0, 0.1) is 19.8 Å². The quantitative estimate of drug-likeness (QED) is 0.459. The van der Waals surface area contributed by atoms with Crippen LogP contribution in [-0.4, -0.2) is 25.0 Å². The lowest BCUT2D eigenvalue weighted by Crippen LogP contribution is -2.37. The molecule has 0 radical (unpaired) electrons. The molecule has 33 heavy (non-hydrogen) atoms. The summed E-state index contributed by atoms with van der Waals surface area (Å²) in [7, 11) is 1.60. The third kappa shape index (κ3) is 3.52. The van der Waals surface area contributed by atoms with E-state index in [1.807, 2.05) is 80.6 Å². The van der Waals surface area contributed by atoms with Crippen molar-refractivity contribution < 1.29 is 19.2 Å². The van der Waals surface area contributed by atoms with Crippen molar-refractivity contribution >= 4 is 39.1 Å². The highest BCUT2D eigenvalue weighted by Gasteiger charge is 2.60. The van der Waals surface area contributed by atoms with Gasteiger partial charge in [0, 0.05) is 0 Å². The summed E-state index contributed by atoms with van der Waals surface area (Å²) in [6.45, 7) is 3.89. The number of ether oxygens (including phenoxy) is 1. The summed E-state index contributed by atoms with van der Waals surface area (Å²) in [6, 6.07) is 20.4. The number of hydrogen-bond acceptors (Lipinski definition) is 5. The van der Waals surface area contributed by atoms with Crippen LogP contribution in [0.1, 0.15) is 22.7 Å². The van der Waals surface area contributed by atoms with E-state index in [0.29, 0.717) is 11.4 Å². The third-order valence-corrected chi connectivity index (χ3v) is 6.86. The molecule has 168 valence electrons. The molecule has 0 bridgehead atoms. The number of nitrogens with zero attached hydrogens (tertiary/aromatic N) is 2. The van der Waals surface area contributed by atoms with Gasteiger partial charge in [-0.25, -0.2) is 9.96 Å². The maximum atomic E-state index is 13.8. The smallest absolute Gasteiger partial charge is 0.266 e. The van der Waals surface area contributed by atoms with E-state index in [9.17, 15) is 9.59 Å². The number of amides is 2. The van der Waals surface area contributed by atoms with Crippen molar-refractivity contribution in [3.63, 3.8) is 0 Å². The van der Waals surface area contributed by atoms with Gasteiger partial charge in [-0.1, -0.05) is 42.0 Å². The van der Waals surface area contributed by atoms with Gasteiger partial charge < -0.3 is 4.74 Å². The Hall–Kier alpha value is -3.16. The number of rotatable bonds is 4. The Balaban J connectivity index is 1.60. The Bertz CT molecular complexity index is 1250. The number of hydrogen-bond donors (Lipinski definition) is 0. The van der Waals surface area contributed by atoms with Crippen molar-refractivity contribution in [2.24, 2.45) is 5.92 Å². The number of benzene rings is 3. The predicted octanol–water partition coefficient (Wildman–Crippen LogP) is 5.13. The second-order valence-corrected chi connectivity index (χ2v) is 9.21. The molecule has 0 aliphatic carbocycles. The van der Waals surface area contributed by atoms with Gasteiger partial charge in [-0.15, -0.1) is 0 Å². The van der Waals surface area contributed by atoms with Gasteiger partial charge in [0.15, 0.2) is 6.10 Å². The lowest BCUT2D eigenvalue weighted by Gasteiger charge is -2.29. The number of anilines is 2. The zero-order chi connectivity index (χ0) is 23.3. The van der Waals surface area contributed by atoms with Crippen molar-refractivity contribution in [1.82, 2.24) is 0 Å². The Morgan fingerprint density at radius 2 is 1.70 bits per heavy atom. The summed E-state index contributed by atoms with van der Waals surface area (Å²) in [6.07, 6.45) is -0.899. The molecule has 3 aromatic rings. The van der Waals surface area contributed by atoms with E-state index in [0.717, 1.165) is 26.9 Å². The van der Waals surface area contributed by atoms with Crippen LogP contribution >= 0.6 is 15.9 Å². The lowest BCUT2D eigenvalue weighted by molar-refractivity contribution is -0.126. The molecule has 2 saturated heterocycles. The fraction of sp³-hybridized carbons (Fsp3) is 0.231. The van der Waals surface area contributed by atoms with Gasteiger partial charge in [0.05, 0.1) is 29.0 Å². The molecule has 5 rings (SSSR count). The maximum Gasteiger partial charge on any atom is 0.266 e. The van der Waals surface area contributed by atoms with Crippen LogP contribution in [0.4, 0.5) is 11.4 Å². The Kier molecular flexibility index (Phi) is 5.46. The first-order chi connectivity index (χ1) is 15.9. The van der Waals surface area contributed by atoms with Gasteiger partial charge in [-0.3, -0.25) is 14.4 Å². The molecule has 2 aliphatic heterocycles. The van der Waals surface area contributed by atoms with E-state index < -0.39 is 18.1 Å². The lowest BCUT2D eigenvalue weighted by atomic mass is 9.90. The van der Waals surface area contributed by atoms with Crippen molar-refractivity contribution in [2.45, 2.75) is 26.0 Å². The third-order valence-electron chi connectivity index (χ3n) is 6.24. The second-order valence-electron chi connectivity index (χ2n) is 8.35. The van der Waals surface area contributed by atoms with Crippen LogP contribution in [0.3, 0.4) is 0 Å². The number of para-hydroxylation sites is 1. The van der Waals surface area contributed by atoms with E-state index in [1.165, 1.54) is 4.90 Å². The molecule has 0 N–H and O–H groups in total. The molecule has 2 aliphatic rings. The van der Waals surface area contributed by atoms with Gasteiger partial charge in [0.2, 0.25) is 5.91 Å². The highest BCUT2D eigenvalue weighted by molar-refractivity contribution is 9.10. The number of carbonyl (C=O) groups is 2. The Morgan fingerprint density at radius 3 is 2.36 bits per heavy atom. The molecule has 6 nitrogen and oxygen atoms in total. The average molecular weight is 507 g/mol. The standard InChI is InChI=1S/C26H23BrN2O4/c1-15-9-11-20(16(2)13-15)28-25(30)22-23(17-10-12-21(32-3)19(27)14-17)29(33-24(22)26(28)31)18-7-5-4-6-8-18/h4-14,22-24H,1-3H3/t22-,23-,24+/m1/s1. The maximum absolute atomic E-state index is 13.8. The molecule has 3 aromatic carbocycles. The summed E-state index contributed by atoms with van der Waals surface area (Å²) < 4.78 is 6.14. The van der Waals surface area contributed by atoms with Crippen LogP contribution in [0.2, 0.25) is 0 Å². The molecule has 7 heteroatoms. The van der Waals surface area contributed by atoms with Crippen LogP contribution in [0.5, 0.6) is 5.75 Å². The van der Waals surface area contributed by atoms with E-state index in [2.05, 4.69) is 15.9 Å². The van der Waals surface area contributed by atoms with E-state index >= 15 is 0 Å². The molecule has 0 unspecified atom stereocenters. The first-order valence-electron chi connectivity index (χ1n) is 10.7. The minimum atomic E-state index is -0.899. The highest BCUT2D eigenvalue weighted by Crippen LogP contribution is 2.48. The van der Waals surface area contributed by atoms with Crippen molar-refractivity contribution in [2.75, 3.05) is 17.1 Å². The predicted molar refractivity (Wildman–Crippen MR) is 129 cm³/mol. The van der Waals surface area contributed by atoms with Crippen LogP contribution in [0.15, 0.2) is 71.2 Å². The number of carbonyl (C=O) groups excluding carboxylic acids is 2. The van der Waals surface area contributed by atoms with Crippen molar-refractivity contribution in [3.05, 3.63) is 87.9 Å². The number of halogens is 1. The van der Waals surface area contributed by atoms with Gasteiger partial charge in [-0.2, -0.15) is 0 Å². The van der Waals surface area contributed by atoms with Crippen molar-refractivity contribution in [1.29, 1.82) is 0 Å². The number of aryl methyl sites for hydroxylation is 2. The molecule has 0 spiro atoms. The Morgan fingerprint density at radius 1 is 0.939 bits per heavy atom. The number of fused-ring (bicyclic) bond motifs is 1. The number of hydroxylamine groups is 1. The minimum absolute atomic E-state index is 0.257. The number of imide groups is 1. The first kappa shape index (κ1) is 21.7. The summed E-state index contributed by atoms with van der Waals surface area (Å²) >= 11 is 3.55. The van der Waals surface area contributed by atoms with Crippen LogP contribution < -0.4 is 14.7 Å². The topological polar surface area (TPSA) is 59.1 Å². The van der Waals surface area contributed by atoms with Crippen LogP contribution in [0.25, 0.3) is 0 Å². The summed E-state index contributed by atoms with van der Waals surface area (Å²) in [5.41, 5.74) is 4.18. The van der Waals surface area contributed by atoms with E-state index in [1.54, 1.807) is 12.2 Å². The molecular weight excluding hydrogens is 484 g/mol. The zero-order valence-corrected chi connectivity index (χ0v) is 20.1. The first-order valence-corrected chi connectivity index (χ1v) is 11.5. The fourth-order valence-electron chi connectivity index (χ4n) is 4.71. The zero-order valence-electron chi connectivity index (χ0n) is 18.5. The van der Waals surface area contributed by atoms with Crippen LogP contribution in [-0.2, 0) is 14.4 Å². The van der Waals surface area contributed by atoms with E-state index in [4.69, 9.17) is 9.57 Å². The number of methoxy groups -OCH3 is 1. The molecule has 2 amide bonds. The monoisotopic (exact) mass is 506 g/mol. The summed E-state index contributed by atoms with van der Waals surface area (Å²) in [5.74, 6) is -0.592. The summed E-state index contributed by atoms with van der Waals surface area (Å²) in [5, 5.41) is 1.69. The molecule has 2 heterocycles. The molecule has 3 atom stereocenters.